The van der Waals surface area contributed by atoms with E-state index in [0.717, 1.165) is 15.9 Å². The zero-order valence-corrected chi connectivity index (χ0v) is 24.4. The van der Waals surface area contributed by atoms with Crippen molar-refractivity contribution in [1.29, 1.82) is 5.26 Å². The maximum Gasteiger partial charge on any atom is 0.252 e. The number of sulfonamides is 1. The fourth-order valence-electron chi connectivity index (χ4n) is 5.34. The van der Waals surface area contributed by atoms with E-state index >= 15 is 0 Å². The van der Waals surface area contributed by atoms with Crippen LogP contribution in [0.2, 0.25) is 5.02 Å². The highest BCUT2D eigenvalue weighted by molar-refractivity contribution is 7.89. The van der Waals surface area contributed by atoms with Gasteiger partial charge in [0.15, 0.2) is 0 Å². The largest absolute Gasteiger partial charge is 0.351 e. The maximum atomic E-state index is 14.6. The number of nitrogens with two attached hydrogens (primary N) is 1. The highest BCUT2D eigenvalue weighted by Gasteiger charge is 2.48. The van der Waals surface area contributed by atoms with Gasteiger partial charge in [0, 0.05) is 47.8 Å². The fourth-order valence-corrected chi connectivity index (χ4v) is 6.13. The second kappa shape index (κ2) is 11.9. The SMILES string of the molecule is N#Cc1ccnc(N2C(=O)CC[C@H]2C(=O)N(c2cccc(S(N)(=O)=O)c2)[C@H](C(=O)NC2CC(F)(F)C2)c2ccccc2Cl)c1. The lowest BCUT2D eigenvalue weighted by Crippen LogP contribution is -2.56. The van der Waals surface area contributed by atoms with Crippen molar-refractivity contribution in [3.63, 3.8) is 0 Å². The molecule has 2 heterocycles. The van der Waals surface area contributed by atoms with Crippen LogP contribution in [0, 0.1) is 11.3 Å². The van der Waals surface area contributed by atoms with Gasteiger partial charge < -0.3 is 5.32 Å². The summed E-state index contributed by atoms with van der Waals surface area (Å²) in [4.78, 5) is 47.5. The number of nitrogens with one attached hydrogen (secondary N) is 1. The Labute approximate surface area is 256 Å². The van der Waals surface area contributed by atoms with Crippen LogP contribution in [0.5, 0.6) is 0 Å². The van der Waals surface area contributed by atoms with Gasteiger partial charge in [0.25, 0.3) is 11.8 Å². The molecular formula is C29H25ClF2N6O5S. The van der Waals surface area contributed by atoms with Crippen LogP contribution in [0.1, 0.15) is 42.9 Å². The Morgan fingerprint density at radius 2 is 1.89 bits per heavy atom. The highest BCUT2D eigenvalue weighted by Crippen LogP contribution is 2.40. The van der Waals surface area contributed by atoms with Crippen LogP contribution in [-0.4, -0.2) is 49.1 Å². The molecule has 228 valence electrons. The van der Waals surface area contributed by atoms with Crippen molar-refractivity contribution in [2.75, 3.05) is 9.80 Å². The van der Waals surface area contributed by atoms with Gasteiger partial charge in [-0.15, -0.1) is 0 Å². The zero-order chi connectivity index (χ0) is 31.8. The molecule has 0 spiro atoms. The summed E-state index contributed by atoms with van der Waals surface area (Å²) in [6, 6.07) is 12.1. The van der Waals surface area contributed by atoms with Gasteiger partial charge in [-0.2, -0.15) is 5.26 Å². The summed E-state index contributed by atoms with van der Waals surface area (Å²) in [5.74, 6) is -5.07. The molecule has 0 unspecified atom stereocenters. The number of amides is 3. The second-order valence-electron chi connectivity index (χ2n) is 10.5. The summed E-state index contributed by atoms with van der Waals surface area (Å²) < 4.78 is 51.9. The van der Waals surface area contributed by atoms with Gasteiger partial charge >= 0.3 is 0 Å². The number of carbonyl (C=O) groups is 3. The number of hydrogen-bond donors (Lipinski definition) is 2. The Morgan fingerprint density at radius 1 is 1.16 bits per heavy atom. The standard InChI is InChI=1S/C29H25ClF2N6O5S/c30-22-7-2-1-6-21(22)26(27(40)36-18-14-29(31,32)15-18)37(19-4-3-5-20(13-19)44(34,42)43)28(41)23-8-9-25(39)38(23)24-12-17(16-33)10-11-35-24/h1-7,10-13,18,23,26H,8-9,14-15H2,(H,36,40)(H2,34,42,43)/t23-,26-/m0/s1. The number of anilines is 2. The molecule has 3 amide bonds. The molecule has 2 fully saturated rings. The van der Waals surface area contributed by atoms with Crippen LogP contribution < -0.4 is 20.3 Å². The summed E-state index contributed by atoms with van der Waals surface area (Å²) in [6.07, 6.45) is 0.0271. The van der Waals surface area contributed by atoms with Gasteiger partial charge in [0.05, 0.1) is 16.5 Å². The van der Waals surface area contributed by atoms with Gasteiger partial charge in [-0.1, -0.05) is 35.9 Å². The molecular weight excluding hydrogens is 618 g/mol. The van der Waals surface area contributed by atoms with Crippen molar-refractivity contribution in [3.8, 4) is 6.07 Å². The lowest BCUT2D eigenvalue weighted by Gasteiger charge is -2.39. The van der Waals surface area contributed by atoms with E-state index in [0.29, 0.717) is 0 Å². The number of alkyl halides is 2. The molecule has 1 saturated heterocycles. The first-order valence-corrected chi connectivity index (χ1v) is 15.3. The number of nitriles is 1. The molecule has 1 aromatic heterocycles. The van der Waals surface area contributed by atoms with Crippen molar-refractivity contribution in [2.45, 2.75) is 54.6 Å². The van der Waals surface area contributed by atoms with E-state index in [1.165, 1.54) is 48.7 Å². The molecule has 15 heteroatoms. The molecule has 5 rings (SSSR count). The van der Waals surface area contributed by atoms with Crippen molar-refractivity contribution in [3.05, 3.63) is 83.0 Å². The lowest BCUT2D eigenvalue weighted by atomic mass is 9.87. The number of halogens is 3. The maximum absolute atomic E-state index is 14.6. The van der Waals surface area contributed by atoms with E-state index in [-0.39, 0.29) is 45.4 Å². The van der Waals surface area contributed by atoms with Crippen molar-refractivity contribution < 1.29 is 31.6 Å². The van der Waals surface area contributed by atoms with E-state index in [1.807, 2.05) is 6.07 Å². The lowest BCUT2D eigenvalue weighted by molar-refractivity contribution is -0.133. The first kappa shape index (κ1) is 31.0. The smallest absolute Gasteiger partial charge is 0.252 e. The van der Waals surface area contributed by atoms with Gasteiger partial charge in [0.2, 0.25) is 21.8 Å². The van der Waals surface area contributed by atoms with Crippen LogP contribution in [0.4, 0.5) is 20.3 Å². The molecule has 3 aromatic rings. The molecule has 11 nitrogen and oxygen atoms in total. The first-order chi connectivity index (χ1) is 20.8. The van der Waals surface area contributed by atoms with E-state index in [9.17, 15) is 36.8 Å². The normalized spacial score (nSPS) is 18.7. The number of rotatable bonds is 8. The summed E-state index contributed by atoms with van der Waals surface area (Å²) in [6.45, 7) is 0. The summed E-state index contributed by atoms with van der Waals surface area (Å²) in [7, 11) is -4.27. The average Bonchev–Trinajstić information content (AvgIpc) is 3.36. The van der Waals surface area contributed by atoms with Crippen LogP contribution in [0.15, 0.2) is 71.8 Å². The van der Waals surface area contributed by atoms with Crippen LogP contribution in [0.25, 0.3) is 0 Å². The molecule has 3 N–H and O–H groups in total. The van der Waals surface area contributed by atoms with Crippen molar-refractivity contribution in [1.82, 2.24) is 10.3 Å². The number of benzene rings is 2. The van der Waals surface area contributed by atoms with Crippen LogP contribution in [0.3, 0.4) is 0 Å². The van der Waals surface area contributed by atoms with E-state index in [2.05, 4.69) is 10.3 Å². The Balaban J connectivity index is 1.66. The minimum Gasteiger partial charge on any atom is -0.351 e. The third-order valence-electron chi connectivity index (χ3n) is 7.42. The molecule has 2 aliphatic rings. The van der Waals surface area contributed by atoms with Crippen LogP contribution in [-0.2, 0) is 24.4 Å². The Morgan fingerprint density at radius 3 is 2.55 bits per heavy atom. The molecule has 0 bridgehead atoms. The molecule has 44 heavy (non-hydrogen) atoms. The number of pyridine rings is 1. The predicted molar refractivity (Wildman–Crippen MR) is 155 cm³/mol. The van der Waals surface area contributed by atoms with E-state index in [4.69, 9.17) is 16.7 Å². The highest BCUT2D eigenvalue weighted by atomic mass is 35.5. The molecule has 1 saturated carbocycles. The minimum absolute atomic E-state index is 0.00673. The monoisotopic (exact) mass is 642 g/mol. The molecule has 2 aromatic carbocycles. The topological polar surface area (TPSA) is 167 Å². The fraction of sp³-hybridized carbons (Fsp3) is 0.276. The third kappa shape index (κ3) is 6.26. The van der Waals surface area contributed by atoms with Crippen LogP contribution >= 0.6 is 11.6 Å². The molecule has 1 aliphatic heterocycles. The quantitative estimate of drug-likeness (QED) is 0.380. The average molecular weight is 643 g/mol. The zero-order valence-electron chi connectivity index (χ0n) is 22.9. The summed E-state index contributed by atoms with van der Waals surface area (Å²) in [5.41, 5.74) is 0.218. The summed E-state index contributed by atoms with van der Waals surface area (Å²) in [5, 5.41) is 17.4. The van der Waals surface area contributed by atoms with Crippen molar-refractivity contribution >= 4 is 50.9 Å². The Hall–Kier alpha value is -4.45. The summed E-state index contributed by atoms with van der Waals surface area (Å²) >= 11 is 6.51. The predicted octanol–water partition coefficient (Wildman–Crippen LogP) is 3.44. The first-order valence-electron chi connectivity index (χ1n) is 13.4. The minimum atomic E-state index is -4.27. The molecule has 1 aliphatic carbocycles. The van der Waals surface area contributed by atoms with E-state index in [1.54, 1.807) is 12.1 Å². The Kier molecular flexibility index (Phi) is 8.39. The Bertz CT molecular complexity index is 1790. The number of carbonyl (C=O) groups excluding carboxylic acids is 3. The van der Waals surface area contributed by atoms with E-state index < -0.39 is 64.6 Å². The third-order valence-corrected chi connectivity index (χ3v) is 8.68. The van der Waals surface area contributed by atoms with Gasteiger partial charge in [-0.3, -0.25) is 24.2 Å². The molecule has 2 atom stereocenters. The molecule has 0 radical (unpaired) electrons. The second-order valence-corrected chi connectivity index (χ2v) is 12.4. The number of hydrogen-bond acceptors (Lipinski definition) is 7. The van der Waals surface area contributed by atoms with Gasteiger partial charge in [-0.25, -0.2) is 27.3 Å². The number of aromatic nitrogens is 1. The number of nitrogens with zero attached hydrogens (tertiary/aromatic N) is 4. The number of primary sulfonamides is 1. The van der Waals surface area contributed by atoms with Gasteiger partial charge in [-0.05, 0) is 42.8 Å². The van der Waals surface area contributed by atoms with Crippen molar-refractivity contribution in [2.24, 2.45) is 5.14 Å². The van der Waals surface area contributed by atoms with Gasteiger partial charge in [0.1, 0.15) is 17.9 Å².